The Balaban J connectivity index is 2.39. The lowest BCUT2D eigenvalue weighted by molar-refractivity contribution is 0.111. The number of aromatic nitrogens is 3. The van der Waals surface area contributed by atoms with Crippen molar-refractivity contribution in [1.29, 1.82) is 0 Å². The molecule has 2 aromatic rings. The first kappa shape index (κ1) is 9.39. The molecule has 0 amide bonds. The number of carbonyl (C=O) groups excluding carboxylic acids is 1. The summed E-state index contributed by atoms with van der Waals surface area (Å²) in [6.07, 6.45) is 5.55. The molecule has 15 heavy (non-hydrogen) atoms. The van der Waals surface area contributed by atoms with Crippen LogP contribution in [0, 0.1) is 0 Å². The van der Waals surface area contributed by atoms with Crippen molar-refractivity contribution < 1.29 is 9.53 Å². The van der Waals surface area contributed by atoms with Crippen LogP contribution in [0.4, 0.5) is 0 Å². The second-order valence-corrected chi connectivity index (χ2v) is 2.88. The fraction of sp³-hybridized carbons (Fsp3) is 0.100. The lowest BCUT2D eigenvalue weighted by atomic mass is 10.4. The standard InChI is InChI=1S/C10H9N3O2/c1-15-10-4-9(2-3-11-10)13-5-8(6-14)12-7-13/h2-7H,1H3. The second kappa shape index (κ2) is 3.91. The van der Waals surface area contributed by atoms with E-state index in [4.69, 9.17) is 4.74 Å². The van der Waals surface area contributed by atoms with Crippen molar-refractivity contribution >= 4 is 6.29 Å². The molecule has 5 heteroatoms. The highest BCUT2D eigenvalue weighted by Gasteiger charge is 2.01. The summed E-state index contributed by atoms with van der Waals surface area (Å²) in [5.74, 6) is 0.522. The number of hydrogen-bond acceptors (Lipinski definition) is 4. The van der Waals surface area contributed by atoms with Crippen molar-refractivity contribution in [3.63, 3.8) is 0 Å². The number of rotatable bonds is 3. The van der Waals surface area contributed by atoms with Crippen LogP contribution in [0.5, 0.6) is 5.88 Å². The van der Waals surface area contributed by atoms with Crippen LogP contribution in [-0.4, -0.2) is 27.9 Å². The monoisotopic (exact) mass is 203 g/mol. The molecule has 0 aliphatic rings. The maximum Gasteiger partial charge on any atom is 0.215 e. The average Bonchev–Trinajstić information content (AvgIpc) is 2.78. The van der Waals surface area contributed by atoms with Crippen LogP contribution in [0.25, 0.3) is 5.69 Å². The molecule has 0 atom stereocenters. The zero-order chi connectivity index (χ0) is 10.7. The molecule has 0 spiro atoms. The molecule has 0 N–H and O–H groups in total. The van der Waals surface area contributed by atoms with E-state index in [9.17, 15) is 4.79 Å². The van der Waals surface area contributed by atoms with Gasteiger partial charge in [0.25, 0.3) is 0 Å². The molecular weight excluding hydrogens is 194 g/mol. The van der Waals surface area contributed by atoms with Crippen LogP contribution < -0.4 is 4.74 Å². The third-order valence-corrected chi connectivity index (χ3v) is 1.95. The molecular formula is C10H9N3O2. The van der Waals surface area contributed by atoms with Gasteiger partial charge in [0.05, 0.1) is 12.8 Å². The molecule has 0 aliphatic carbocycles. The van der Waals surface area contributed by atoms with Gasteiger partial charge in [-0.1, -0.05) is 0 Å². The van der Waals surface area contributed by atoms with Gasteiger partial charge < -0.3 is 9.30 Å². The summed E-state index contributed by atoms with van der Waals surface area (Å²) >= 11 is 0. The zero-order valence-corrected chi connectivity index (χ0v) is 8.12. The third-order valence-electron chi connectivity index (χ3n) is 1.95. The number of ether oxygens (including phenoxy) is 1. The Bertz CT molecular complexity index is 479. The number of methoxy groups -OCH3 is 1. The van der Waals surface area contributed by atoms with E-state index >= 15 is 0 Å². The Morgan fingerprint density at radius 2 is 2.33 bits per heavy atom. The second-order valence-electron chi connectivity index (χ2n) is 2.88. The van der Waals surface area contributed by atoms with Crippen molar-refractivity contribution in [3.05, 3.63) is 36.5 Å². The normalized spacial score (nSPS) is 9.93. The molecule has 0 aromatic carbocycles. The predicted molar refractivity (Wildman–Crippen MR) is 53.3 cm³/mol. The lowest BCUT2D eigenvalue weighted by Gasteiger charge is -2.03. The summed E-state index contributed by atoms with van der Waals surface area (Å²) in [5.41, 5.74) is 1.24. The van der Waals surface area contributed by atoms with Gasteiger partial charge >= 0.3 is 0 Å². The van der Waals surface area contributed by atoms with Gasteiger partial charge in [0.2, 0.25) is 5.88 Å². The van der Waals surface area contributed by atoms with E-state index in [2.05, 4.69) is 9.97 Å². The third kappa shape index (κ3) is 1.85. The van der Waals surface area contributed by atoms with Crippen molar-refractivity contribution in [3.8, 4) is 11.6 Å². The van der Waals surface area contributed by atoms with Crippen LogP contribution in [0.15, 0.2) is 30.9 Å². The Morgan fingerprint density at radius 3 is 3.00 bits per heavy atom. The molecule has 2 rings (SSSR count). The lowest BCUT2D eigenvalue weighted by Crippen LogP contribution is -1.93. The number of carbonyl (C=O) groups is 1. The summed E-state index contributed by atoms with van der Waals surface area (Å²) in [5, 5.41) is 0. The molecule has 0 unspecified atom stereocenters. The van der Waals surface area contributed by atoms with Crippen molar-refractivity contribution in [2.24, 2.45) is 0 Å². The fourth-order valence-electron chi connectivity index (χ4n) is 1.21. The molecule has 0 radical (unpaired) electrons. The Morgan fingerprint density at radius 1 is 1.47 bits per heavy atom. The highest BCUT2D eigenvalue weighted by atomic mass is 16.5. The smallest absolute Gasteiger partial charge is 0.215 e. The number of aldehydes is 1. The van der Waals surface area contributed by atoms with Crippen molar-refractivity contribution in [2.75, 3.05) is 7.11 Å². The van der Waals surface area contributed by atoms with E-state index in [1.54, 1.807) is 42.5 Å². The minimum atomic E-state index is 0.394. The van der Waals surface area contributed by atoms with Crippen LogP contribution in [0.3, 0.4) is 0 Å². The molecule has 0 saturated carbocycles. The number of imidazole rings is 1. The fourth-order valence-corrected chi connectivity index (χ4v) is 1.21. The predicted octanol–water partition coefficient (Wildman–Crippen LogP) is 1.09. The Labute approximate surface area is 86.4 Å². The minimum absolute atomic E-state index is 0.394. The summed E-state index contributed by atoms with van der Waals surface area (Å²) in [6.45, 7) is 0. The van der Waals surface area contributed by atoms with Gasteiger partial charge in [-0.25, -0.2) is 9.97 Å². The molecule has 0 aliphatic heterocycles. The summed E-state index contributed by atoms with van der Waals surface area (Å²) < 4.78 is 6.73. The highest BCUT2D eigenvalue weighted by Crippen LogP contribution is 2.13. The van der Waals surface area contributed by atoms with Crippen molar-refractivity contribution in [2.45, 2.75) is 0 Å². The van der Waals surface area contributed by atoms with Gasteiger partial charge in [-0.15, -0.1) is 0 Å². The van der Waals surface area contributed by atoms with Gasteiger partial charge in [0.15, 0.2) is 6.29 Å². The van der Waals surface area contributed by atoms with E-state index in [-0.39, 0.29) is 0 Å². The zero-order valence-electron chi connectivity index (χ0n) is 8.12. The first-order valence-corrected chi connectivity index (χ1v) is 4.33. The Kier molecular flexibility index (Phi) is 2.45. The van der Waals surface area contributed by atoms with Crippen LogP contribution in [0.1, 0.15) is 10.5 Å². The Hall–Kier alpha value is -2.17. The molecule has 2 aromatic heterocycles. The van der Waals surface area contributed by atoms with Crippen LogP contribution in [-0.2, 0) is 0 Å². The molecule has 5 nitrogen and oxygen atoms in total. The van der Waals surface area contributed by atoms with Gasteiger partial charge in [-0.3, -0.25) is 4.79 Å². The summed E-state index contributed by atoms with van der Waals surface area (Å²) in [6, 6.07) is 3.56. The maximum atomic E-state index is 10.5. The summed E-state index contributed by atoms with van der Waals surface area (Å²) in [7, 11) is 1.55. The molecule has 76 valence electrons. The number of hydrogen-bond donors (Lipinski definition) is 0. The van der Waals surface area contributed by atoms with Gasteiger partial charge in [-0.05, 0) is 6.07 Å². The minimum Gasteiger partial charge on any atom is -0.481 e. The van der Waals surface area contributed by atoms with Crippen LogP contribution >= 0.6 is 0 Å². The van der Waals surface area contributed by atoms with Gasteiger partial charge in [0, 0.05) is 18.5 Å². The molecule has 0 bridgehead atoms. The van der Waals surface area contributed by atoms with Crippen LogP contribution in [0.2, 0.25) is 0 Å². The molecule has 0 fully saturated rings. The molecule has 2 heterocycles. The SMILES string of the molecule is COc1cc(-n2cnc(C=O)c2)ccn1. The van der Waals surface area contributed by atoms with E-state index in [1.165, 1.54) is 0 Å². The quantitative estimate of drug-likeness (QED) is 0.700. The maximum absolute atomic E-state index is 10.5. The van der Waals surface area contributed by atoms with E-state index in [1.807, 2.05) is 0 Å². The van der Waals surface area contributed by atoms with Gasteiger partial charge in [-0.2, -0.15) is 0 Å². The first-order valence-electron chi connectivity index (χ1n) is 4.33. The highest BCUT2D eigenvalue weighted by molar-refractivity contribution is 5.71. The molecule has 0 saturated heterocycles. The van der Waals surface area contributed by atoms with E-state index < -0.39 is 0 Å². The largest absolute Gasteiger partial charge is 0.481 e. The van der Waals surface area contributed by atoms with E-state index in [0.717, 1.165) is 5.69 Å². The summed E-state index contributed by atoms with van der Waals surface area (Å²) in [4.78, 5) is 18.3. The van der Waals surface area contributed by atoms with Gasteiger partial charge in [0.1, 0.15) is 12.0 Å². The van der Waals surface area contributed by atoms with Crippen molar-refractivity contribution in [1.82, 2.24) is 14.5 Å². The number of pyridine rings is 1. The number of nitrogens with zero attached hydrogens (tertiary/aromatic N) is 3. The topological polar surface area (TPSA) is 57.0 Å². The van der Waals surface area contributed by atoms with E-state index in [0.29, 0.717) is 17.9 Å². The average molecular weight is 203 g/mol. The first-order chi connectivity index (χ1) is 7.33.